The third kappa shape index (κ3) is 2.78. The maximum absolute atomic E-state index is 9.08. The van der Waals surface area contributed by atoms with Crippen LogP contribution >= 0.6 is 11.3 Å². The van der Waals surface area contributed by atoms with Crippen LogP contribution < -0.4 is 10.5 Å². The normalized spacial score (nSPS) is 10.3. The number of ether oxygens (including phenoxy) is 1. The van der Waals surface area contributed by atoms with Crippen LogP contribution in [0.15, 0.2) is 48.5 Å². The fourth-order valence-electron chi connectivity index (χ4n) is 2.15. The lowest BCUT2D eigenvalue weighted by molar-refractivity contribution is 0.306. The van der Waals surface area contributed by atoms with Crippen LogP contribution in [-0.2, 0) is 6.61 Å². The Balaban J connectivity index is 1.82. The number of nitrogens with one attached hydrogen (secondary N) is 1. The van der Waals surface area contributed by atoms with Gasteiger partial charge in [0.05, 0.1) is 16.5 Å². The molecule has 0 saturated heterocycles. The Morgan fingerprint density at radius 3 is 2.82 bits per heavy atom. The molecule has 0 saturated carbocycles. The number of benzene rings is 2. The highest BCUT2D eigenvalue weighted by Crippen LogP contribution is 2.29. The lowest BCUT2D eigenvalue weighted by Gasteiger charge is -2.07. The van der Waals surface area contributed by atoms with E-state index < -0.39 is 0 Å². The number of fused-ring (bicyclic) bond motifs is 1. The Bertz CT molecular complexity index is 892. The number of nitrogens with zero attached hydrogens (tertiary/aromatic N) is 1. The molecule has 1 aromatic heterocycles. The topological polar surface area (TPSA) is 82.9 Å². The zero-order valence-corrected chi connectivity index (χ0v) is 12.5. The van der Waals surface area contributed by atoms with Gasteiger partial charge in [-0.15, -0.1) is 11.3 Å². The van der Waals surface area contributed by atoms with Crippen molar-refractivity contribution in [1.29, 1.82) is 10.7 Å². The van der Waals surface area contributed by atoms with Gasteiger partial charge in [0.1, 0.15) is 18.2 Å². The number of hydrogen-bond donors (Lipinski definition) is 2. The third-order valence-electron chi connectivity index (χ3n) is 3.29. The van der Waals surface area contributed by atoms with Crippen molar-refractivity contribution in [1.82, 2.24) is 0 Å². The fourth-order valence-corrected chi connectivity index (χ4v) is 3.10. The van der Waals surface area contributed by atoms with Crippen molar-refractivity contribution in [2.75, 3.05) is 0 Å². The third-order valence-corrected chi connectivity index (χ3v) is 4.42. The van der Waals surface area contributed by atoms with E-state index in [4.69, 9.17) is 21.1 Å². The smallest absolute Gasteiger partial charge is 0.133 e. The molecule has 0 fully saturated rings. The van der Waals surface area contributed by atoms with Crippen molar-refractivity contribution < 1.29 is 4.74 Å². The second-order valence-corrected chi connectivity index (χ2v) is 5.87. The second kappa shape index (κ2) is 5.88. The molecule has 0 aliphatic rings. The van der Waals surface area contributed by atoms with E-state index in [9.17, 15) is 0 Å². The predicted molar refractivity (Wildman–Crippen MR) is 88.3 cm³/mol. The van der Waals surface area contributed by atoms with Crippen molar-refractivity contribution >= 4 is 27.3 Å². The maximum Gasteiger partial charge on any atom is 0.133 e. The predicted octanol–water partition coefficient (Wildman–Crippen LogP) is 3.64. The van der Waals surface area contributed by atoms with Crippen LogP contribution in [0.2, 0.25) is 0 Å². The molecule has 0 spiro atoms. The summed E-state index contributed by atoms with van der Waals surface area (Å²) in [6.45, 7) is 0.347. The van der Waals surface area contributed by atoms with Crippen LogP contribution in [0.5, 0.6) is 5.75 Å². The first-order valence-corrected chi connectivity index (χ1v) is 7.48. The molecule has 5 heteroatoms. The van der Waals surface area contributed by atoms with E-state index in [2.05, 4.69) is 6.07 Å². The number of hydrogen-bond acceptors (Lipinski definition) is 4. The molecule has 0 aliphatic heterocycles. The number of rotatable bonds is 4. The van der Waals surface area contributed by atoms with Crippen molar-refractivity contribution in [2.45, 2.75) is 6.61 Å². The zero-order chi connectivity index (χ0) is 15.5. The summed E-state index contributed by atoms with van der Waals surface area (Å²) < 4.78 is 6.81. The van der Waals surface area contributed by atoms with Gasteiger partial charge in [-0.3, -0.25) is 5.41 Å². The van der Waals surface area contributed by atoms with Gasteiger partial charge in [-0.25, -0.2) is 0 Å². The average molecular weight is 307 g/mol. The molecule has 1 heterocycles. The van der Waals surface area contributed by atoms with E-state index in [1.165, 1.54) is 11.3 Å². The van der Waals surface area contributed by atoms with E-state index in [1.807, 2.05) is 42.5 Å². The Labute approximate surface area is 131 Å². The monoisotopic (exact) mass is 307 g/mol. The first-order chi connectivity index (χ1) is 10.7. The Morgan fingerprint density at radius 1 is 1.23 bits per heavy atom. The standard InChI is InChI=1S/C17H13N3OS/c18-9-12-3-1-2-4-13(12)10-21-14-6-5-11-7-16(17(19)20)22-15(11)8-14/h1-8H,10H2,(H3,19,20). The summed E-state index contributed by atoms with van der Waals surface area (Å²) in [5.74, 6) is 0.809. The van der Waals surface area contributed by atoms with Crippen molar-refractivity contribution in [2.24, 2.45) is 5.73 Å². The van der Waals surface area contributed by atoms with E-state index in [1.54, 1.807) is 6.07 Å². The number of nitriles is 1. The van der Waals surface area contributed by atoms with E-state index in [0.717, 1.165) is 26.3 Å². The fraction of sp³-hybridized carbons (Fsp3) is 0.0588. The largest absolute Gasteiger partial charge is 0.489 e. The minimum atomic E-state index is 0.0756. The minimum absolute atomic E-state index is 0.0756. The molecule has 2 aromatic carbocycles. The molecule has 22 heavy (non-hydrogen) atoms. The van der Waals surface area contributed by atoms with Gasteiger partial charge >= 0.3 is 0 Å². The lowest BCUT2D eigenvalue weighted by Crippen LogP contribution is -2.08. The SMILES string of the molecule is N#Cc1ccccc1COc1ccc2cc(C(=N)N)sc2c1. The van der Waals surface area contributed by atoms with Gasteiger partial charge in [-0.05, 0) is 35.7 Å². The quantitative estimate of drug-likeness (QED) is 0.570. The first-order valence-electron chi connectivity index (χ1n) is 6.66. The van der Waals surface area contributed by atoms with Crippen LogP contribution in [-0.4, -0.2) is 5.84 Å². The molecule has 3 N–H and O–H groups in total. The van der Waals surface area contributed by atoms with Gasteiger partial charge in [-0.1, -0.05) is 18.2 Å². The number of nitrogen functional groups attached to an aromatic ring is 1. The molecule has 0 aliphatic carbocycles. The van der Waals surface area contributed by atoms with Gasteiger partial charge in [0.15, 0.2) is 0 Å². The lowest BCUT2D eigenvalue weighted by atomic mass is 10.1. The zero-order valence-electron chi connectivity index (χ0n) is 11.7. The van der Waals surface area contributed by atoms with Gasteiger partial charge in [0.25, 0.3) is 0 Å². The molecule has 4 nitrogen and oxygen atoms in total. The number of nitrogens with two attached hydrogens (primary N) is 1. The molecular weight excluding hydrogens is 294 g/mol. The highest BCUT2D eigenvalue weighted by atomic mass is 32.1. The molecular formula is C17H13N3OS. The highest BCUT2D eigenvalue weighted by Gasteiger charge is 2.06. The summed E-state index contributed by atoms with van der Waals surface area (Å²) in [5.41, 5.74) is 7.00. The molecule has 3 aromatic rings. The average Bonchev–Trinajstić information content (AvgIpc) is 2.96. The molecule has 0 radical (unpaired) electrons. The van der Waals surface area contributed by atoms with Crippen molar-refractivity contribution in [3.05, 3.63) is 64.5 Å². The molecule has 0 unspecified atom stereocenters. The summed E-state index contributed by atoms with van der Waals surface area (Å²) in [4.78, 5) is 0.752. The number of thiophene rings is 1. The van der Waals surface area contributed by atoms with E-state index in [0.29, 0.717) is 12.2 Å². The van der Waals surface area contributed by atoms with E-state index >= 15 is 0 Å². The summed E-state index contributed by atoms with van der Waals surface area (Å²) >= 11 is 1.47. The van der Waals surface area contributed by atoms with Gasteiger partial charge in [0.2, 0.25) is 0 Å². The first kappa shape index (κ1) is 14.1. The Morgan fingerprint density at radius 2 is 2.05 bits per heavy atom. The molecule has 3 rings (SSSR count). The van der Waals surface area contributed by atoms with E-state index in [-0.39, 0.29) is 5.84 Å². The van der Waals surface area contributed by atoms with Crippen LogP contribution in [0, 0.1) is 16.7 Å². The van der Waals surface area contributed by atoms with Gasteiger partial charge in [-0.2, -0.15) is 5.26 Å². The van der Waals surface area contributed by atoms with Crippen LogP contribution in [0.1, 0.15) is 16.0 Å². The Hall–Kier alpha value is -2.84. The molecule has 0 amide bonds. The van der Waals surface area contributed by atoms with Crippen LogP contribution in [0.4, 0.5) is 0 Å². The molecule has 0 atom stereocenters. The summed E-state index contributed by atoms with van der Waals surface area (Å²) in [7, 11) is 0. The summed E-state index contributed by atoms with van der Waals surface area (Å²) in [5, 5.41) is 17.6. The second-order valence-electron chi connectivity index (χ2n) is 4.78. The Kier molecular flexibility index (Phi) is 3.77. The van der Waals surface area contributed by atoms with Crippen LogP contribution in [0.25, 0.3) is 10.1 Å². The molecule has 108 valence electrons. The summed E-state index contributed by atoms with van der Waals surface area (Å²) in [6, 6.07) is 17.2. The molecule has 0 bridgehead atoms. The van der Waals surface area contributed by atoms with Crippen molar-refractivity contribution in [3.8, 4) is 11.8 Å². The van der Waals surface area contributed by atoms with Crippen LogP contribution in [0.3, 0.4) is 0 Å². The maximum atomic E-state index is 9.08. The van der Waals surface area contributed by atoms with Gasteiger partial charge in [0, 0.05) is 10.3 Å². The van der Waals surface area contributed by atoms with Gasteiger partial charge < -0.3 is 10.5 Å². The highest BCUT2D eigenvalue weighted by molar-refractivity contribution is 7.20. The minimum Gasteiger partial charge on any atom is -0.489 e. The summed E-state index contributed by atoms with van der Waals surface area (Å²) in [6.07, 6.45) is 0. The number of amidine groups is 1. The van der Waals surface area contributed by atoms with Crippen molar-refractivity contribution in [3.63, 3.8) is 0 Å².